The summed E-state index contributed by atoms with van der Waals surface area (Å²) in [5, 5.41) is 5.28. The zero-order valence-electron chi connectivity index (χ0n) is 16.9. The van der Waals surface area contributed by atoms with E-state index in [4.69, 9.17) is 4.74 Å². The number of nitrogens with zero attached hydrogens (tertiary/aromatic N) is 3. The largest absolute Gasteiger partial charge is 0.453 e. The predicted octanol–water partition coefficient (Wildman–Crippen LogP) is 2.16. The van der Waals surface area contributed by atoms with Gasteiger partial charge in [0.2, 0.25) is 11.7 Å². The number of amides is 2. The summed E-state index contributed by atoms with van der Waals surface area (Å²) in [6.45, 7) is 0.944. The predicted molar refractivity (Wildman–Crippen MR) is 112 cm³/mol. The molecule has 0 bridgehead atoms. The van der Waals surface area contributed by atoms with Crippen LogP contribution in [-0.2, 0) is 14.3 Å². The number of carbonyl (C=O) groups is 4. The van der Waals surface area contributed by atoms with Crippen LogP contribution in [0.3, 0.4) is 0 Å². The number of benzene rings is 1. The summed E-state index contributed by atoms with van der Waals surface area (Å²) >= 11 is 0. The molecular weight excluding hydrogens is 400 g/mol. The Hall–Kier alpha value is -3.75. The Kier molecular flexibility index (Phi) is 5.92. The van der Waals surface area contributed by atoms with Crippen LogP contribution in [0.1, 0.15) is 46.5 Å². The lowest BCUT2D eigenvalue weighted by molar-refractivity contribution is -0.134. The summed E-state index contributed by atoms with van der Waals surface area (Å²) in [6.07, 6.45) is 3.66. The molecule has 160 valence electrons. The lowest BCUT2D eigenvalue weighted by atomic mass is 10.1. The minimum absolute atomic E-state index is 0.0789. The SMILES string of the molecule is O=C(OCC(=O)c1c[nH]c(C(=O)N2CCCC2)c1)C1=NN(c2ccccc2)C(=O)CC1. The van der Waals surface area contributed by atoms with Crippen molar-refractivity contribution < 1.29 is 23.9 Å². The number of hydrogen-bond acceptors (Lipinski definition) is 6. The van der Waals surface area contributed by atoms with E-state index in [9.17, 15) is 19.2 Å². The number of esters is 1. The normalized spacial score (nSPS) is 16.3. The van der Waals surface area contributed by atoms with Crippen molar-refractivity contribution >= 4 is 35.0 Å². The van der Waals surface area contributed by atoms with Crippen molar-refractivity contribution in [3.8, 4) is 0 Å². The molecule has 9 nitrogen and oxygen atoms in total. The number of para-hydroxylation sites is 1. The van der Waals surface area contributed by atoms with E-state index in [0.29, 0.717) is 24.5 Å². The van der Waals surface area contributed by atoms with E-state index in [1.54, 1.807) is 29.2 Å². The van der Waals surface area contributed by atoms with Crippen LogP contribution in [0.15, 0.2) is 47.7 Å². The van der Waals surface area contributed by atoms with Crippen molar-refractivity contribution in [1.82, 2.24) is 9.88 Å². The number of hydrogen-bond donors (Lipinski definition) is 1. The van der Waals surface area contributed by atoms with Gasteiger partial charge in [-0.1, -0.05) is 18.2 Å². The topological polar surface area (TPSA) is 112 Å². The molecular formula is C22H22N4O5. The lowest BCUT2D eigenvalue weighted by Gasteiger charge is -2.22. The van der Waals surface area contributed by atoms with Gasteiger partial charge in [0.25, 0.3) is 5.91 Å². The minimum atomic E-state index is -0.745. The summed E-state index contributed by atoms with van der Waals surface area (Å²) < 4.78 is 5.12. The maximum atomic E-state index is 12.4. The molecule has 2 aromatic rings. The molecule has 2 aliphatic heterocycles. The highest BCUT2D eigenvalue weighted by Gasteiger charge is 2.27. The van der Waals surface area contributed by atoms with Crippen molar-refractivity contribution in [3.63, 3.8) is 0 Å². The molecule has 1 saturated heterocycles. The van der Waals surface area contributed by atoms with Crippen LogP contribution >= 0.6 is 0 Å². The molecule has 1 fully saturated rings. The third kappa shape index (κ3) is 4.55. The molecule has 0 unspecified atom stereocenters. The van der Waals surface area contributed by atoms with E-state index in [-0.39, 0.29) is 35.9 Å². The number of likely N-dealkylation sites (tertiary alicyclic amines) is 1. The highest BCUT2D eigenvalue weighted by atomic mass is 16.5. The number of nitrogens with one attached hydrogen (secondary N) is 1. The summed E-state index contributed by atoms with van der Waals surface area (Å²) in [5.74, 6) is -1.54. The van der Waals surface area contributed by atoms with Gasteiger partial charge in [-0.15, -0.1) is 0 Å². The third-order valence-corrected chi connectivity index (χ3v) is 5.23. The van der Waals surface area contributed by atoms with Crippen LogP contribution in [0, 0.1) is 0 Å². The average molecular weight is 422 g/mol. The van der Waals surface area contributed by atoms with E-state index >= 15 is 0 Å². The van der Waals surface area contributed by atoms with Gasteiger partial charge < -0.3 is 14.6 Å². The first kappa shape index (κ1) is 20.5. The van der Waals surface area contributed by atoms with E-state index in [2.05, 4.69) is 10.1 Å². The molecule has 0 radical (unpaired) electrons. The van der Waals surface area contributed by atoms with Gasteiger partial charge in [0.05, 0.1) is 5.69 Å². The average Bonchev–Trinajstić information content (AvgIpc) is 3.50. The van der Waals surface area contributed by atoms with Gasteiger partial charge in [-0.3, -0.25) is 14.4 Å². The van der Waals surface area contributed by atoms with E-state index in [0.717, 1.165) is 12.8 Å². The molecule has 4 rings (SSSR count). The fourth-order valence-electron chi connectivity index (χ4n) is 3.54. The number of H-pyrrole nitrogens is 1. The van der Waals surface area contributed by atoms with Crippen LogP contribution in [0.5, 0.6) is 0 Å². The zero-order valence-corrected chi connectivity index (χ0v) is 16.9. The van der Waals surface area contributed by atoms with E-state index in [1.807, 2.05) is 6.07 Å². The first-order chi connectivity index (χ1) is 15.0. The second-order valence-electron chi connectivity index (χ2n) is 7.39. The number of anilines is 1. The molecule has 9 heteroatoms. The Labute approximate surface area is 178 Å². The number of aromatic amines is 1. The minimum Gasteiger partial charge on any atom is -0.453 e. The number of rotatable bonds is 6. The molecule has 1 aromatic heterocycles. The molecule has 0 saturated carbocycles. The number of ether oxygens (including phenoxy) is 1. The maximum Gasteiger partial charge on any atom is 0.354 e. The molecule has 1 aromatic carbocycles. The number of ketones is 1. The monoisotopic (exact) mass is 422 g/mol. The van der Waals surface area contributed by atoms with Crippen LogP contribution in [0.4, 0.5) is 5.69 Å². The van der Waals surface area contributed by atoms with Crippen molar-refractivity contribution in [1.29, 1.82) is 0 Å². The van der Waals surface area contributed by atoms with Gasteiger partial charge in [0, 0.05) is 37.7 Å². The Morgan fingerprint density at radius 2 is 1.81 bits per heavy atom. The highest BCUT2D eigenvalue weighted by Crippen LogP contribution is 2.20. The smallest absolute Gasteiger partial charge is 0.354 e. The molecule has 2 amide bonds. The Bertz CT molecular complexity index is 1040. The third-order valence-electron chi connectivity index (χ3n) is 5.23. The fraction of sp³-hybridized carbons (Fsp3) is 0.318. The molecule has 3 heterocycles. The van der Waals surface area contributed by atoms with Crippen LogP contribution in [-0.4, -0.2) is 58.9 Å². The molecule has 2 aliphatic rings. The summed E-state index contributed by atoms with van der Waals surface area (Å²) in [6, 6.07) is 10.3. The Balaban J connectivity index is 1.36. The van der Waals surface area contributed by atoms with Crippen LogP contribution < -0.4 is 5.01 Å². The fourth-order valence-corrected chi connectivity index (χ4v) is 3.54. The van der Waals surface area contributed by atoms with E-state index in [1.165, 1.54) is 17.3 Å². The number of Topliss-reactive ketones (excluding diaryl/α,β-unsaturated/α-hetero) is 1. The molecule has 1 N–H and O–H groups in total. The quantitative estimate of drug-likeness (QED) is 0.566. The second kappa shape index (κ2) is 8.95. The van der Waals surface area contributed by atoms with Crippen LogP contribution in [0.25, 0.3) is 0 Å². The van der Waals surface area contributed by atoms with Crippen molar-refractivity contribution in [3.05, 3.63) is 53.9 Å². The van der Waals surface area contributed by atoms with Gasteiger partial charge in [0.15, 0.2) is 6.61 Å². The second-order valence-corrected chi connectivity index (χ2v) is 7.39. The molecule has 31 heavy (non-hydrogen) atoms. The summed E-state index contributed by atoms with van der Waals surface area (Å²) in [4.78, 5) is 53.9. The lowest BCUT2D eigenvalue weighted by Crippen LogP contribution is -2.35. The van der Waals surface area contributed by atoms with Gasteiger partial charge >= 0.3 is 5.97 Å². The van der Waals surface area contributed by atoms with Gasteiger partial charge in [-0.25, -0.2) is 9.80 Å². The van der Waals surface area contributed by atoms with E-state index < -0.39 is 18.4 Å². The van der Waals surface area contributed by atoms with Gasteiger partial charge in [0.1, 0.15) is 11.4 Å². The van der Waals surface area contributed by atoms with Crippen molar-refractivity contribution in [2.45, 2.75) is 25.7 Å². The van der Waals surface area contributed by atoms with Gasteiger partial charge in [-0.05, 0) is 31.0 Å². The first-order valence-corrected chi connectivity index (χ1v) is 10.2. The summed E-state index contributed by atoms with van der Waals surface area (Å²) in [5.41, 5.74) is 1.23. The van der Waals surface area contributed by atoms with Crippen molar-refractivity contribution in [2.24, 2.45) is 5.10 Å². The van der Waals surface area contributed by atoms with Crippen LogP contribution in [0.2, 0.25) is 0 Å². The number of carbonyl (C=O) groups excluding carboxylic acids is 4. The number of hydrazone groups is 1. The highest BCUT2D eigenvalue weighted by molar-refractivity contribution is 6.38. The zero-order chi connectivity index (χ0) is 21.8. The van der Waals surface area contributed by atoms with Crippen molar-refractivity contribution in [2.75, 3.05) is 24.7 Å². The Morgan fingerprint density at radius 1 is 1.06 bits per heavy atom. The molecule has 0 atom stereocenters. The molecule has 0 aliphatic carbocycles. The molecule has 0 spiro atoms. The summed E-state index contributed by atoms with van der Waals surface area (Å²) in [7, 11) is 0. The maximum absolute atomic E-state index is 12.4. The first-order valence-electron chi connectivity index (χ1n) is 10.2. The Morgan fingerprint density at radius 3 is 2.55 bits per heavy atom. The standard InChI is InChI=1S/C22H22N4O5/c27-19(15-12-18(23-13-15)21(29)25-10-4-5-11-25)14-31-22(30)17-8-9-20(28)26(24-17)16-6-2-1-3-7-16/h1-3,6-7,12-13,23H,4-5,8-11,14H2. The van der Waals surface area contributed by atoms with Gasteiger partial charge in [-0.2, -0.15) is 5.10 Å². The number of aromatic nitrogens is 1.